The van der Waals surface area contributed by atoms with Gasteiger partial charge < -0.3 is 19.9 Å². The molecule has 1 saturated heterocycles. The molecule has 1 aliphatic rings. The smallest absolute Gasteiger partial charge is 0.257 e. The average Bonchev–Trinajstić information content (AvgIpc) is 2.61. The molecule has 2 atom stereocenters. The lowest BCUT2D eigenvalue weighted by Gasteiger charge is -2.36. The van der Waals surface area contributed by atoms with Gasteiger partial charge in [-0.2, -0.15) is 0 Å². The molecule has 0 saturated carbocycles. The minimum Gasteiger partial charge on any atom is -0.376 e. The van der Waals surface area contributed by atoms with Gasteiger partial charge in [-0.25, -0.2) is 4.98 Å². The third-order valence-electron chi connectivity index (χ3n) is 4.25. The first kappa shape index (κ1) is 18.1. The van der Waals surface area contributed by atoms with Crippen LogP contribution in [0.25, 0.3) is 0 Å². The van der Waals surface area contributed by atoms with Crippen LogP contribution in [0, 0.1) is 0 Å². The number of carbonyl (C=O) groups is 1. The molecular weight excluding hydrogens is 330 g/mol. The van der Waals surface area contributed by atoms with Gasteiger partial charge in [0.2, 0.25) is 0 Å². The van der Waals surface area contributed by atoms with Crippen molar-refractivity contribution >= 4 is 23.1 Å². The second-order valence-corrected chi connectivity index (χ2v) is 6.85. The van der Waals surface area contributed by atoms with Crippen molar-refractivity contribution < 1.29 is 9.53 Å². The Hall–Kier alpha value is -2.67. The number of aromatic nitrogens is 2. The Balaban J connectivity index is 1.68. The third kappa shape index (κ3) is 4.29. The molecule has 1 N–H and O–H groups in total. The van der Waals surface area contributed by atoms with Crippen molar-refractivity contribution in [3.05, 3.63) is 42.4 Å². The number of hydrogen-bond acceptors (Lipinski definition) is 6. The number of anilines is 3. The number of carbonyl (C=O) groups excluding carboxylic acids is 1. The molecule has 3 rings (SSSR count). The van der Waals surface area contributed by atoms with Crippen molar-refractivity contribution in [1.82, 2.24) is 9.97 Å². The molecule has 1 fully saturated rings. The zero-order valence-electron chi connectivity index (χ0n) is 15.6. The molecule has 138 valence electrons. The van der Waals surface area contributed by atoms with Crippen molar-refractivity contribution in [2.75, 3.05) is 42.3 Å². The van der Waals surface area contributed by atoms with Crippen LogP contribution in [0.1, 0.15) is 24.2 Å². The summed E-state index contributed by atoms with van der Waals surface area (Å²) < 4.78 is 5.75. The topological polar surface area (TPSA) is 70.6 Å². The molecule has 0 spiro atoms. The maximum Gasteiger partial charge on any atom is 0.257 e. The molecule has 2 aromatic heterocycles. The van der Waals surface area contributed by atoms with Crippen LogP contribution in [0.2, 0.25) is 0 Å². The van der Waals surface area contributed by atoms with Gasteiger partial charge in [0.05, 0.1) is 41.5 Å². The van der Waals surface area contributed by atoms with Crippen molar-refractivity contribution in [3.8, 4) is 0 Å². The number of amides is 1. The van der Waals surface area contributed by atoms with Crippen molar-refractivity contribution in [2.45, 2.75) is 26.1 Å². The Bertz CT molecular complexity index is 753. The van der Waals surface area contributed by atoms with E-state index in [1.54, 1.807) is 24.7 Å². The number of nitrogens with zero attached hydrogens (tertiary/aromatic N) is 4. The monoisotopic (exact) mass is 355 g/mol. The molecule has 1 amide bonds. The van der Waals surface area contributed by atoms with E-state index in [4.69, 9.17) is 4.74 Å². The van der Waals surface area contributed by atoms with Crippen LogP contribution in [-0.2, 0) is 4.74 Å². The Kier molecular flexibility index (Phi) is 5.37. The van der Waals surface area contributed by atoms with Gasteiger partial charge >= 0.3 is 0 Å². The first-order chi connectivity index (χ1) is 12.4. The number of rotatable bonds is 4. The zero-order chi connectivity index (χ0) is 18.7. The summed E-state index contributed by atoms with van der Waals surface area (Å²) >= 11 is 0. The van der Waals surface area contributed by atoms with E-state index >= 15 is 0 Å². The van der Waals surface area contributed by atoms with E-state index in [1.165, 1.54) is 0 Å². The predicted molar refractivity (Wildman–Crippen MR) is 103 cm³/mol. The van der Waals surface area contributed by atoms with Crippen LogP contribution in [0.5, 0.6) is 0 Å². The van der Waals surface area contributed by atoms with Crippen molar-refractivity contribution in [3.63, 3.8) is 0 Å². The van der Waals surface area contributed by atoms with E-state index in [0.717, 1.165) is 24.6 Å². The highest BCUT2D eigenvalue weighted by molar-refractivity contribution is 6.04. The molecule has 2 aromatic rings. The van der Waals surface area contributed by atoms with Crippen LogP contribution >= 0.6 is 0 Å². The molecule has 7 nitrogen and oxygen atoms in total. The summed E-state index contributed by atoms with van der Waals surface area (Å²) in [6.45, 7) is 5.71. The van der Waals surface area contributed by atoms with E-state index in [9.17, 15) is 4.79 Å². The largest absolute Gasteiger partial charge is 0.376 e. The lowest BCUT2D eigenvalue weighted by molar-refractivity contribution is -0.00546. The zero-order valence-corrected chi connectivity index (χ0v) is 15.6. The molecule has 0 bridgehead atoms. The van der Waals surface area contributed by atoms with Gasteiger partial charge in [0.15, 0.2) is 0 Å². The lowest BCUT2D eigenvalue weighted by Crippen LogP contribution is -2.45. The highest BCUT2D eigenvalue weighted by atomic mass is 16.5. The molecule has 0 aromatic carbocycles. The van der Waals surface area contributed by atoms with Crippen LogP contribution in [-0.4, -0.2) is 55.3 Å². The van der Waals surface area contributed by atoms with Crippen LogP contribution in [0.15, 0.2) is 36.8 Å². The van der Waals surface area contributed by atoms with Crippen LogP contribution in [0.4, 0.5) is 17.2 Å². The quantitative estimate of drug-likeness (QED) is 0.908. The van der Waals surface area contributed by atoms with Crippen LogP contribution < -0.4 is 15.1 Å². The number of ether oxygens (including phenoxy) is 1. The minimum atomic E-state index is -0.203. The molecule has 26 heavy (non-hydrogen) atoms. The highest BCUT2D eigenvalue weighted by Gasteiger charge is 2.23. The van der Waals surface area contributed by atoms with E-state index < -0.39 is 0 Å². The number of nitrogens with one attached hydrogen (secondary N) is 1. The van der Waals surface area contributed by atoms with Crippen molar-refractivity contribution in [1.29, 1.82) is 0 Å². The molecular formula is C19H25N5O2. The third-order valence-corrected chi connectivity index (χ3v) is 4.25. The van der Waals surface area contributed by atoms with Gasteiger partial charge in [-0.05, 0) is 32.0 Å². The van der Waals surface area contributed by atoms with Gasteiger partial charge in [0.25, 0.3) is 5.91 Å². The number of morpholine rings is 1. The summed E-state index contributed by atoms with van der Waals surface area (Å²) in [5.74, 6) is 0.658. The fourth-order valence-electron chi connectivity index (χ4n) is 3.02. The maximum atomic E-state index is 12.5. The standard InChI is InChI=1S/C19H25N5O2/c1-13-11-24(12-14(2)26-13)18-6-5-15(8-21-18)19(25)22-16-7-17(23(3)4)10-20-9-16/h5-10,13-14H,11-12H2,1-4H3,(H,22,25). The summed E-state index contributed by atoms with van der Waals surface area (Å²) in [5.41, 5.74) is 2.09. The van der Waals surface area contributed by atoms with E-state index in [1.807, 2.05) is 31.1 Å². The van der Waals surface area contributed by atoms with Crippen molar-refractivity contribution in [2.24, 2.45) is 0 Å². The van der Waals surface area contributed by atoms with E-state index in [2.05, 4.69) is 34.0 Å². The fraction of sp³-hybridized carbons (Fsp3) is 0.421. The fourth-order valence-corrected chi connectivity index (χ4v) is 3.02. The first-order valence-electron chi connectivity index (χ1n) is 8.72. The molecule has 3 heterocycles. The van der Waals surface area contributed by atoms with Gasteiger partial charge in [-0.15, -0.1) is 0 Å². The van der Waals surface area contributed by atoms with Gasteiger partial charge in [-0.3, -0.25) is 9.78 Å². The summed E-state index contributed by atoms with van der Waals surface area (Å²) in [5, 5.41) is 2.86. The molecule has 2 unspecified atom stereocenters. The van der Waals surface area contributed by atoms with Gasteiger partial charge in [0, 0.05) is 33.4 Å². The number of pyridine rings is 2. The SMILES string of the molecule is CC1CN(c2ccc(C(=O)Nc3cncc(N(C)C)c3)cn2)CC(C)O1. The summed E-state index contributed by atoms with van der Waals surface area (Å²) in [6, 6.07) is 5.56. The van der Waals surface area contributed by atoms with E-state index in [0.29, 0.717) is 11.3 Å². The maximum absolute atomic E-state index is 12.5. The highest BCUT2D eigenvalue weighted by Crippen LogP contribution is 2.19. The Morgan fingerprint density at radius 3 is 2.54 bits per heavy atom. The summed E-state index contributed by atoms with van der Waals surface area (Å²) in [4.78, 5) is 25.2. The Morgan fingerprint density at radius 2 is 1.92 bits per heavy atom. The van der Waals surface area contributed by atoms with Gasteiger partial charge in [-0.1, -0.05) is 0 Å². The normalized spacial score (nSPS) is 19.9. The molecule has 7 heteroatoms. The first-order valence-corrected chi connectivity index (χ1v) is 8.72. The minimum absolute atomic E-state index is 0.167. The summed E-state index contributed by atoms with van der Waals surface area (Å²) in [6.07, 6.45) is 5.32. The molecule has 0 radical (unpaired) electrons. The Labute approximate surface area is 154 Å². The lowest BCUT2D eigenvalue weighted by atomic mass is 10.2. The van der Waals surface area contributed by atoms with Crippen LogP contribution in [0.3, 0.4) is 0 Å². The Morgan fingerprint density at radius 1 is 1.19 bits per heavy atom. The number of hydrogen-bond donors (Lipinski definition) is 1. The second-order valence-electron chi connectivity index (χ2n) is 6.85. The predicted octanol–water partition coefficient (Wildman–Crippen LogP) is 2.41. The molecule has 1 aliphatic heterocycles. The average molecular weight is 355 g/mol. The summed E-state index contributed by atoms with van der Waals surface area (Å²) in [7, 11) is 3.86. The van der Waals surface area contributed by atoms with E-state index in [-0.39, 0.29) is 18.1 Å². The second kappa shape index (κ2) is 7.70. The van der Waals surface area contributed by atoms with Gasteiger partial charge in [0.1, 0.15) is 5.82 Å². The molecule has 0 aliphatic carbocycles.